The third-order valence-electron chi connectivity index (χ3n) is 4.26. The van der Waals surface area contributed by atoms with Gasteiger partial charge in [0.05, 0.1) is 11.9 Å². The summed E-state index contributed by atoms with van der Waals surface area (Å²) in [4.78, 5) is 15.9. The van der Waals surface area contributed by atoms with E-state index >= 15 is 0 Å². The van der Waals surface area contributed by atoms with E-state index in [4.69, 9.17) is 23.2 Å². The molecule has 0 saturated carbocycles. The number of hydrogen-bond donors (Lipinski definition) is 1. The summed E-state index contributed by atoms with van der Waals surface area (Å²) in [7, 11) is 0. The van der Waals surface area contributed by atoms with E-state index < -0.39 is 0 Å². The van der Waals surface area contributed by atoms with Crippen molar-refractivity contribution in [2.45, 2.75) is 0 Å². The van der Waals surface area contributed by atoms with Crippen LogP contribution in [-0.2, 0) is 0 Å². The van der Waals surface area contributed by atoms with Crippen molar-refractivity contribution in [1.82, 2.24) is 14.8 Å². The van der Waals surface area contributed by atoms with Crippen LogP contribution in [0.25, 0.3) is 22.7 Å². The van der Waals surface area contributed by atoms with Crippen molar-refractivity contribution < 1.29 is 4.79 Å². The van der Waals surface area contributed by atoms with Gasteiger partial charge in [-0.25, -0.2) is 4.68 Å². The minimum Gasteiger partial charge on any atom is -0.360 e. The SMILES string of the molecule is N#C/C(=C\c1cnn(-c2ccc(Cl)cc2)c1)C(=O)c1c[nH]c2cc(Cl)ccc12. The number of carbonyl (C=O) groups is 1. The molecule has 0 aliphatic heterocycles. The number of nitrogens with zero attached hydrogens (tertiary/aromatic N) is 3. The quantitative estimate of drug-likeness (QED) is 0.278. The first-order valence-electron chi connectivity index (χ1n) is 8.29. The zero-order chi connectivity index (χ0) is 19.7. The molecule has 0 aliphatic rings. The summed E-state index contributed by atoms with van der Waals surface area (Å²) < 4.78 is 1.65. The number of fused-ring (bicyclic) bond motifs is 1. The number of benzene rings is 2. The smallest absolute Gasteiger partial charge is 0.205 e. The summed E-state index contributed by atoms with van der Waals surface area (Å²) in [6, 6.07) is 14.4. The second-order valence-corrected chi connectivity index (χ2v) is 6.96. The van der Waals surface area contributed by atoms with Crippen LogP contribution in [0.2, 0.25) is 10.0 Å². The number of halogens is 2. The number of ketones is 1. The fourth-order valence-corrected chi connectivity index (χ4v) is 3.19. The summed E-state index contributed by atoms with van der Waals surface area (Å²) in [5, 5.41) is 15.7. The van der Waals surface area contributed by atoms with Crippen molar-refractivity contribution in [1.29, 1.82) is 5.26 Å². The van der Waals surface area contributed by atoms with E-state index in [1.807, 2.05) is 18.2 Å². The number of Topliss-reactive ketones (excluding diaryl/α,β-unsaturated/α-hetero) is 1. The average molecular weight is 407 g/mol. The van der Waals surface area contributed by atoms with Gasteiger partial charge in [-0.2, -0.15) is 10.4 Å². The molecule has 0 amide bonds. The molecule has 28 heavy (non-hydrogen) atoms. The highest BCUT2D eigenvalue weighted by Gasteiger charge is 2.17. The highest BCUT2D eigenvalue weighted by Crippen LogP contribution is 2.24. The van der Waals surface area contributed by atoms with Gasteiger partial charge in [-0.15, -0.1) is 0 Å². The highest BCUT2D eigenvalue weighted by atomic mass is 35.5. The van der Waals surface area contributed by atoms with Gasteiger partial charge in [-0.05, 0) is 42.5 Å². The zero-order valence-corrected chi connectivity index (χ0v) is 15.9. The van der Waals surface area contributed by atoms with E-state index in [0.29, 0.717) is 26.6 Å². The van der Waals surface area contributed by atoms with Crippen LogP contribution in [0.15, 0.2) is 66.6 Å². The van der Waals surface area contributed by atoms with Crippen molar-refractivity contribution >= 4 is 46.0 Å². The van der Waals surface area contributed by atoms with Gasteiger partial charge in [0.2, 0.25) is 5.78 Å². The van der Waals surface area contributed by atoms with E-state index in [-0.39, 0.29) is 11.4 Å². The normalized spacial score (nSPS) is 11.5. The van der Waals surface area contributed by atoms with Crippen molar-refractivity contribution in [2.24, 2.45) is 0 Å². The predicted octanol–water partition coefficient (Wildman–Crippen LogP) is 5.45. The molecule has 0 atom stereocenters. The third kappa shape index (κ3) is 3.44. The van der Waals surface area contributed by atoms with Crippen LogP contribution in [0, 0.1) is 11.3 Å². The first-order valence-corrected chi connectivity index (χ1v) is 9.04. The Morgan fingerprint density at radius 2 is 1.89 bits per heavy atom. The molecular formula is C21H12Cl2N4O. The van der Waals surface area contributed by atoms with E-state index in [1.54, 1.807) is 53.6 Å². The van der Waals surface area contributed by atoms with Crippen molar-refractivity contribution in [3.8, 4) is 11.8 Å². The molecule has 0 aliphatic carbocycles. The Labute approximate surface area is 170 Å². The molecule has 0 fully saturated rings. The zero-order valence-electron chi connectivity index (χ0n) is 14.4. The van der Waals surface area contributed by atoms with Crippen LogP contribution >= 0.6 is 23.2 Å². The minimum atomic E-state index is -0.365. The van der Waals surface area contributed by atoms with Crippen LogP contribution in [0.1, 0.15) is 15.9 Å². The molecule has 2 heterocycles. The van der Waals surface area contributed by atoms with Gasteiger partial charge in [-0.3, -0.25) is 4.79 Å². The topological polar surface area (TPSA) is 74.5 Å². The number of rotatable bonds is 4. The fraction of sp³-hybridized carbons (Fsp3) is 0. The van der Waals surface area contributed by atoms with Crippen molar-refractivity contribution in [3.05, 3.63) is 87.8 Å². The first kappa shape index (κ1) is 18.1. The Morgan fingerprint density at radius 1 is 1.14 bits per heavy atom. The van der Waals surface area contributed by atoms with E-state index in [1.165, 1.54) is 6.08 Å². The van der Waals surface area contributed by atoms with Crippen molar-refractivity contribution in [3.63, 3.8) is 0 Å². The Bertz CT molecular complexity index is 1260. The molecule has 4 aromatic rings. The monoisotopic (exact) mass is 406 g/mol. The third-order valence-corrected chi connectivity index (χ3v) is 4.75. The van der Waals surface area contributed by atoms with E-state index in [0.717, 1.165) is 11.2 Å². The highest BCUT2D eigenvalue weighted by molar-refractivity contribution is 6.31. The lowest BCUT2D eigenvalue weighted by Gasteiger charge is -2.00. The number of aromatic amines is 1. The Morgan fingerprint density at radius 3 is 2.64 bits per heavy atom. The lowest BCUT2D eigenvalue weighted by molar-refractivity contribution is 0.104. The molecule has 0 radical (unpaired) electrons. The minimum absolute atomic E-state index is 0.0199. The Kier molecular flexibility index (Phi) is 4.74. The number of allylic oxidation sites excluding steroid dienone is 1. The van der Waals surface area contributed by atoms with Gasteiger partial charge in [0, 0.05) is 44.5 Å². The maximum atomic E-state index is 12.9. The van der Waals surface area contributed by atoms with E-state index in [2.05, 4.69) is 10.1 Å². The lowest BCUT2D eigenvalue weighted by atomic mass is 10.0. The standard InChI is InChI=1S/C21H12Cl2N4O/c22-15-1-4-17(5-2-15)27-12-13(10-26-27)7-14(9-24)21(28)19-11-25-20-8-16(23)3-6-18(19)20/h1-8,10-12,25H/b14-7+. The van der Waals surface area contributed by atoms with Crippen LogP contribution in [0.3, 0.4) is 0 Å². The average Bonchev–Trinajstić information content (AvgIpc) is 3.33. The van der Waals surface area contributed by atoms with Crippen molar-refractivity contribution in [2.75, 3.05) is 0 Å². The summed E-state index contributed by atoms with van der Waals surface area (Å²) in [6.07, 6.45) is 6.44. The second-order valence-electron chi connectivity index (χ2n) is 6.09. The van der Waals surface area contributed by atoms with Gasteiger partial charge in [-0.1, -0.05) is 29.3 Å². The Balaban J connectivity index is 1.67. The summed E-state index contributed by atoms with van der Waals surface area (Å²) >= 11 is 11.9. The maximum Gasteiger partial charge on any atom is 0.205 e. The Hall–Kier alpha value is -3.33. The lowest BCUT2D eigenvalue weighted by Crippen LogP contribution is -2.00. The number of carbonyl (C=O) groups excluding carboxylic acids is 1. The van der Waals surface area contributed by atoms with Crippen LogP contribution in [-0.4, -0.2) is 20.5 Å². The first-order chi connectivity index (χ1) is 13.5. The molecule has 0 saturated heterocycles. The van der Waals surface area contributed by atoms with Crippen LogP contribution in [0.5, 0.6) is 0 Å². The van der Waals surface area contributed by atoms with Gasteiger partial charge in [0.15, 0.2) is 0 Å². The molecule has 4 rings (SSSR count). The number of hydrogen-bond acceptors (Lipinski definition) is 3. The van der Waals surface area contributed by atoms with Gasteiger partial charge in [0.25, 0.3) is 0 Å². The molecule has 7 heteroatoms. The van der Waals surface area contributed by atoms with E-state index in [9.17, 15) is 10.1 Å². The number of H-pyrrole nitrogens is 1. The molecule has 2 aromatic heterocycles. The largest absolute Gasteiger partial charge is 0.360 e. The fourth-order valence-electron chi connectivity index (χ4n) is 2.89. The predicted molar refractivity (Wildman–Crippen MR) is 110 cm³/mol. The second kappa shape index (κ2) is 7.35. The molecular weight excluding hydrogens is 395 g/mol. The van der Waals surface area contributed by atoms with Crippen LogP contribution < -0.4 is 0 Å². The number of aromatic nitrogens is 3. The number of nitrogens with one attached hydrogen (secondary N) is 1. The van der Waals surface area contributed by atoms with Gasteiger partial charge < -0.3 is 4.98 Å². The van der Waals surface area contributed by atoms with Gasteiger partial charge >= 0.3 is 0 Å². The molecule has 5 nitrogen and oxygen atoms in total. The van der Waals surface area contributed by atoms with Gasteiger partial charge in [0.1, 0.15) is 11.6 Å². The van der Waals surface area contributed by atoms with Crippen LogP contribution in [0.4, 0.5) is 0 Å². The summed E-state index contributed by atoms with van der Waals surface area (Å²) in [6.45, 7) is 0. The molecule has 0 spiro atoms. The number of nitriles is 1. The molecule has 0 unspecified atom stereocenters. The molecule has 2 aromatic carbocycles. The maximum absolute atomic E-state index is 12.9. The summed E-state index contributed by atoms with van der Waals surface area (Å²) in [5.74, 6) is -0.365. The molecule has 0 bridgehead atoms. The molecule has 136 valence electrons. The summed E-state index contributed by atoms with van der Waals surface area (Å²) in [5.41, 5.74) is 2.64. The molecule has 1 N–H and O–H groups in total.